The number of para-hydroxylation sites is 1. The van der Waals surface area contributed by atoms with Crippen LogP contribution in [0.15, 0.2) is 42.5 Å². The van der Waals surface area contributed by atoms with E-state index < -0.39 is 11.6 Å². The minimum Gasteiger partial charge on any atom is -0.496 e. The Balaban J connectivity index is 1.52. The molecule has 0 spiro atoms. The number of hydrogen-bond donors (Lipinski definition) is 0. The van der Waals surface area contributed by atoms with E-state index >= 15 is 0 Å². The maximum absolute atomic E-state index is 13.3. The highest BCUT2D eigenvalue weighted by Crippen LogP contribution is 2.18. The molecular formula is C20H22F2N2O2. The first-order valence-electron chi connectivity index (χ1n) is 8.67. The molecule has 1 amide bonds. The Bertz CT molecular complexity index is 774. The highest BCUT2D eigenvalue weighted by molar-refractivity contribution is 5.94. The minimum absolute atomic E-state index is 0.186. The highest BCUT2D eigenvalue weighted by Gasteiger charge is 2.22. The fourth-order valence-corrected chi connectivity index (χ4v) is 3.17. The number of carbonyl (C=O) groups excluding carboxylic acids is 1. The van der Waals surface area contributed by atoms with E-state index in [0.29, 0.717) is 13.1 Å². The quantitative estimate of drug-likeness (QED) is 0.822. The van der Waals surface area contributed by atoms with Crippen molar-refractivity contribution in [2.24, 2.45) is 0 Å². The summed E-state index contributed by atoms with van der Waals surface area (Å²) in [6, 6.07) is 11.2. The van der Waals surface area contributed by atoms with Crippen LogP contribution in [0.3, 0.4) is 0 Å². The third kappa shape index (κ3) is 4.19. The molecular weight excluding hydrogens is 338 g/mol. The Labute approximate surface area is 152 Å². The average Bonchev–Trinajstić information content (AvgIpc) is 2.68. The maximum atomic E-state index is 13.3. The Kier molecular flexibility index (Phi) is 5.83. The molecule has 0 N–H and O–H groups in total. The van der Waals surface area contributed by atoms with Gasteiger partial charge in [0.2, 0.25) is 0 Å². The molecule has 1 fully saturated rings. The van der Waals surface area contributed by atoms with Crippen molar-refractivity contribution in [1.82, 2.24) is 9.80 Å². The first kappa shape index (κ1) is 18.3. The first-order chi connectivity index (χ1) is 12.6. The van der Waals surface area contributed by atoms with Gasteiger partial charge in [0.05, 0.1) is 7.11 Å². The second-order valence-corrected chi connectivity index (χ2v) is 6.32. The third-order valence-corrected chi connectivity index (χ3v) is 4.72. The minimum atomic E-state index is -0.994. The van der Waals surface area contributed by atoms with Crippen LogP contribution in [-0.4, -0.2) is 55.5 Å². The average molecular weight is 360 g/mol. The van der Waals surface area contributed by atoms with Gasteiger partial charge >= 0.3 is 0 Å². The number of methoxy groups -OCH3 is 1. The molecule has 4 nitrogen and oxygen atoms in total. The first-order valence-corrected chi connectivity index (χ1v) is 8.67. The maximum Gasteiger partial charge on any atom is 0.254 e. The molecule has 6 heteroatoms. The van der Waals surface area contributed by atoms with Gasteiger partial charge in [0.25, 0.3) is 5.91 Å². The number of hydrogen-bond acceptors (Lipinski definition) is 3. The van der Waals surface area contributed by atoms with Crippen LogP contribution in [0.1, 0.15) is 15.9 Å². The molecule has 0 radical (unpaired) electrons. The van der Waals surface area contributed by atoms with Crippen LogP contribution in [0.4, 0.5) is 8.78 Å². The van der Waals surface area contributed by atoms with Crippen LogP contribution in [0, 0.1) is 11.6 Å². The summed E-state index contributed by atoms with van der Waals surface area (Å²) in [7, 11) is 1.67. The smallest absolute Gasteiger partial charge is 0.254 e. The molecule has 0 atom stereocenters. The molecule has 138 valence electrons. The fourth-order valence-electron chi connectivity index (χ4n) is 3.17. The van der Waals surface area contributed by atoms with Gasteiger partial charge in [-0.15, -0.1) is 0 Å². The van der Waals surface area contributed by atoms with Crippen LogP contribution in [0.2, 0.25) is 0 Å². The predicted molar refractivity (Wildman–Crippen MR) is 95.4 cm³/mol. The topological polar surface area (TPSA) is 32.8 Å². The number of amides is 1. The van der Waals surface area contributed by atoms with E-state index in [2.05, 4.69) is 11.0 Å². The van der Waals surface area contributed by atoms with Crippen molar-refractivity contribution in [3.8, 4) is 5.75 Å². The van der Waals surface area contributed by atoms with Crippen LogP contribution >= 0.6 is 0 Å². The molecule has 2 aromatic rings. The van der Waals surface area contributed by atoms with Crippen molar-refractivity contribution < 1.29 is 18.3 Å². The van der Waals surface area contributed by atoms with Crippen molar-refractivity contribution in [2.45, 2.75) is 6.42 Å². The lowest BCUT2D eigenvalue weighted by atomic mass is 10.1. The fraction of sp³-hybridized carbons (Fsp3) is 0.350. The Hall–Kier alpha value is -2.47. The zero-order valence-corrected chi connectivity index (χ0v) is 14.8. The Morgan fingerprint density at radius 3 is 2.46 bits per heavy atom. The van der Waals surface area contributed by atoms with Crippen molar-refractivity contribution in [3.63, 3.8) is 0 Å². The zero-order valence-electron chi connectivity index (χ0n) is 14.8. The molecule has 0 aromatic heterocycles. The highest BCUT2D eigenvalue weighted by atomic mass is 19.2. The van der Waals surface area contributed by atoms with E-state index in [1.807, 2.05) is 18.2 Å². The van der Waals surface area contributed by atoms with Crippen molar-refractivity contribution in [3.05, 3.63) is 65.2 Å². The molecule has 3 rings (SSSR count). The lowest BCUT2D eigenvalue weighted by Gasteiger charge is -2.34. The van der Waals surface area contributed by atoms with Crippen LogP contribution in [0.25, 0.3) is 0 Å². The predicted octanol–water partition coefficient (Wildman–Crippen LogP) is 2.97. The van der Waals surface area contributed by atoms with Gasteiger partial charge in [-0.3, -0.25) is 9.69 Å². The molecule has 0 saturated carbocycles. The van der Waals surface area contributed by atoms with E-state index in [-0.39, 0.29) is 11.5 Å². The van der Waals surface area contributed by atoms with E-state index in [0.717, 1.165) is 49.5 Å². The summed E-state index contributed by atoms with van der Waals surface area (Å²) in [5.74, 6) is -1.30. The van der Waals surface area contributed by atoms with E-state index in [4.69, 9.17) is 4.74 Å². The van der Waals surface area contributed by atoms with Gasteiger partial charge in [-0.05, 0) is 36.2 Å². The summed E-state index contributed by atoms with van der Waals surface area (Å²) in [4.78, 5) is 16.4. The number of ether oxygens (including phenoxy) is 1. The SMILES string of the molecule is COc1ccccc1CCN1CCN(C(=O)c2ccc(F)c(F)c2)CC1. The summed E-state index contributed by atoms with van der Waals surface area (Å²) in [6.07, 6.45) is 0.876. The van der Waals surface area contributed by atoms with Gasteiger partial charge in [-0.1, -0.05) is 18.2 Å². The molecule has 1 aliphatic heterocycles. The summed E-state index contributed by atoms with van der Waals surface area (Å²) in [5.41, 5.74) is 1.35. The number of nitrogens with zero attached hydrogens (tertiary/aromatic N) is 2. The number of benzene rings is 2. The van der Waals surface area contributed by atoms with Gasteiger partial charge in [-0.2, -0.15) is 0 Å². The largest absolute Gasteiger partial charge is 0.496 e. The van der Waals surface area contributed by atoms with Gasteiger partial charge in [-0.25, -0.2) is 8.78 Å². The van der Waals surface area contributed by atoms with E-state index in [1.54, 1.807) is 12.0 Å². The molecule has 2 aromatic carbocycles. The lowest BCUT2D eigenvalue weighted by molar-refractivity contribution is 0.0638. The van der Waals surface area contributed by atoms with Gasteiger partial charge in [0.15, 0.2) is 11.6 Å². The van der Waals surface area contributed by atoms with Gasteiger partial charge in [0, 0.05) is 38.3 Å². The summed E-state index contributed by atoms with van der Waals surface area (Å²) < 4.78 is 31.7. The molecule has 1 heterocycles. The number of rotatable bonds is 5. The summed E-state index contributed by atoms with van der Waals surface area (Å²) in [6.45, 7) is 3.54. The van der Waals surface area contributed by atoms with Crippen molar-refractivity contribution in [2.75, 3.05) is 39.8 Å². The molecule has 26 heavy (non-hydrogen) atoms. The summed E-state index contributed by atoms with van der Waals surface area (Å²) in [5, 5.41) is 0. The second kappa shape index (κ2) is 8.27. The lowest BCUT2D eigenvalue weighted by Crippen LogP contribution is -2.49. The number of carbonyl (C=O) groups is 1. The van der Waals surface area contributed by atoms with Gasteiger partial charge < -0.3 is 9.64 Å². The van der Waals surface area contributed by atoms with Crippen LogP contribution < -0.4 is 4.74 Å². The van der Waals surface area contributed by atoms with Crippen LogP contribution in [-0.2, 0) is 6.42 Å². The van der Waals surface area contributed by atoms with Crippen molar-refractivity contribution >= 4 is 5.91 Å². The van der Waals surface area contributed by atoms with E-state index in [1.165, 1.54) is 6.07 Å². The number of piperazine rings is 1. The van der Waals surface area contributed by atoms with Gasteiger partial charge in [0.1, 0.15) is 5.75 Å². The monoisotopic (exact) mass is 360 g/mol. The molecule has 0 aliphatic carbocycles. The van der Waals surface area contributed by atoms with E-state index in [9.17, 15) is 13.6 Å². The molecule has 0 bridgehead atoms. The zero-order chi connectivity index (χ0) is 18.5. The van der Waals surface area contributed by atoms with Crippen LogP contribution in [0.5, 0.6) is 5.75 Å². The standard InChI is InChI=1S/C20H22F2N2O2/c1-26-19-5-3-2-4-15(19)8-9-23-10-12-24(13-11-23)20(25)16-6-7-17(21)18(22)14-16/h2-7,14H,8-13H2,1H3. The third-order valence-electron chi connectivity index (χ3n) is 4.72. The Morgan fingerprint density at radius 1 is 1.04 bits per heavy atom. The molecule has 1 aliphatic rings. The second-order valence-electron chi connectivity index (χ2n) is 6.32. The molecule has 0 unspecified atom stereocenters. The molecule has 1 saturated heterocycles. The van der Waals surface area contributed by atoms with Crippen molar-refractivity contribution in [1.29, 1.82) is 0 Å². The normalized spacial score (nSPS) is 15.1. The Morgan fingerprint density at radius 2 is 1.77 bits per heavy atom. The summed E-state index contributed by atoms with van der Waals surface area (Å²) >= 11 is 0. The number of halogens is 2.